The molecule has 0 aromatic heterocycles. The first-order chi connectivity index (χ1) is 14.4. The van der Waals surface area contributed by atoms with Crippen molar-refractivity contribution in [2.75, 3.05) is 32.5 Å². The number of sulfonamides is 1. The molecule has 1 heterocycles. The number of rotatable bonds is 9. The van der Waals surface area contributed by atoms with Crippen LogP contribution in [0.5, 0.6) is 0 Å². The molecule has 1 aliphatic rings. The van der Waals surface area contributed by atoms with Crippen LogP contribution in [0.2, 0.25) is 0 Å². The van der Waals surface area contributed by atoms with E-state index in [4.69, 9.17) is 9.84 Å². The Bertz CT molecular complexity index is 930. The van der Waals surface area contributed by atoms with Crippen molar-refractivity contribution in [3.8, 4) is 0 Å². The van der Waals surface area contributed by atoms with E-state index in [1.165, 1.54) is 11.8 Å². The van der Waals surface area contributed by atoms with Gasteiger partial charge in [0.15, 0.2) is 0 Å². The Morgan fingerprint density at radius 3 is 2.32 bits per heavy atom. The Kier molecular flexibility index (Phi) is 8.12. The van der Waals surface area contributed by atoms with E-state index in [2.05, 4.69) is 0 Å². The predicted octanol–water partition coefficient (Wildman–Crippen LogP) is 2.08. The van der Waals surface area contributed by atoms with Crippen LogP contribution >= 0.6 is 0 Å². The fourth-order valence-electron chi connectivity index (χ4n) is 3.73. The van der Waals surface area contributed by atoms with Crippen LogP contribution in [0.25, 0.3) is 0 Å². The topological polar surface area (TPSA) is 104 Å². The lowest BCUT2D eigenvalue weighted by Gasteiger charge is -2.41. The highest BCUT2D eigenvalue weighted by Crippen LogP contribution is 2.39. The maximum absolute atomic E-state index is 15.1. The van der Waals surface area contributed by atoms with Crippen LogP contribution in [-0.4, -0.2) is 67.1 Å². The summed E-state index contributed by atoms with van der Waals surface area (Å²) in [4.78, 5) is 24.2. The van der Waals surface area contributed by atoms with Gasteiger partial charge in [-0.15, -0.1) is 0 Å². The van der Waals surface area contributed by atoms with E-state index in [0.29, 0.717) is 6.42 Å². The zero-order valence-electron chi connectivity index (χ0n) is 17.9. The first-order valence-electron chi connectivity index (χ1n) is 9.94. The third-order valence-electron chi connectivity index (χ3n) is 5.40. The first kappa shape index (κ1) is 25.2. The van der Waals surface area contributed by atoms with Crippen LogP contribution in [0.15, 0.2) is 12.1 Å². The van der Waals surface area contributed by atoms with Gasteiger partial charge in [0.05, 0.1) is 6.26 Å². The number of hydrogen-bond donors (Lipinski definition) is 1. The molecule has 0 radical (unpaired) electrons. The van der Waals surface area contributed by atoms with E-state index >= 15 is 4.39 Å². The van der Waals surface area contributed by atoms with Crippen molar-refractivity contribution in [3.63, 3.8) is 0 Å². The van der Waals surface area contributed by atoms with Crippen molar-refractivity contribution in [2.24, 2.45) is 0 Å². The van der Waals surface area contributed by atoms with Crippen LogP contribution in [0.4, 0.5) is 8.78 Å². The predicted molar refractivity (Wildman–Crippen MR) is 109 cm³/mol. The molecule has 11 heteroatoms. The molecule has 1 aromatic rings. The van der Waals surface area contributed by atoms with Crippen molar-refractivity contribution < 1.29 is 36.6 Å². The number of carboxylic acids is 1. The number of carbonyl (C=O) groups is 2. The smallest absolute Gasteiger partial charge is 0.329 e. The number of nitrogens with zero attached hydrogens (tertiary/aromatic N) is 2. The van der Waals surface area contributed by atoms with Gasteiger partial charge in [0, 0.05) is 44.2 Å². The number of halogens is 2. The molecular formula is C20H28F2N2O6S. The molecule has 2 rings (SSSR count). The molecule has 174 valence electrons. The van der Waals surface area contributed by atoms with Gasteiger partial charge in [0.2, 0.25) is 15.9 Å². The molecule has 0 atom stereocenters. The summed E-state index contributed by atoms with van der Waals surface area (Å²) in [6, 6.07) is 1.88. The molecule has 0 saturated carbocycles. The molecule has 1 fully saturated rings. The normalized spacial score (nSPS) is 16.5. The zero-order valence-corrected chi connectivity index (χ0v) is 18.7. The minimum Gasteiger partial charge on any atom is -0.480 e. The van der Waals surface area contributed by atoms with E-state index in [-0.39, 0.29) is 56.1 Å². The molecule has 0 unspecified atom stereocenters. The standard InChI is InChI=1S/C20H28F2N2O6S/c1-4-7-24(31(3,28)29)12-15-10-18(22)16(11-17(15)21)20(30-13-19(26)27)5-8-23(9-6-20)14(2)25/h10-11H,4-9,12-13H2,1-3H3,(H,26,27). The van der Waals surface area contributed by atoms with Gasteiger partial charge in [-0.2, -0.15) is 4.31 Å². The summed E-state index contributed by atoms with van der Waals surface area (Å²) in [6.07, 6.45) is 1.71. The molecule has 0 spiro atoms. The highest BCUT2D eigenvalue weighted by Gasteiger charge is 2.41. The highest BCUT2D eigenvalue weighted by molar-refractivity contribution is 7.88. The summed E-state index contributed by atoms with van der Waals surface area (Å²) in [5.74, 6) is -3.06. The Hall–Kier alpha value is -2.11. The lowest BCUT2D eigenvalue weighted by atomic mass is 9.83. The van der Waals surface area contributed by atoms with E-state index < -0.39 is 39.8 Å². The first-order valence-corrected chi connectivity index (χ1v) is 11.8. The third-order valence-corrected chi connectivity index (χ3v) is 6.65. The maximum atomic E-state index is 15.1. The number of ether oxygens (including phenoxy) is 1. The molecule has 1 N–H and O–H groups in total. The minimum absolute atomic E-state index is 0.0981. The van der Waals surface area contributed by atoms with Gasteiger partial charge < -0.3 is 14.7 Å². The van der Waals surface area contributed by atoms with Crippen molar-refractivity contribution in [3.05, 3.63) is 34.9 Å². The monoisotopic (exact) mass is 462 g/mol. The Morgan fingerprint density at radius 1 is 1.23 bits per heavy atom. The fourth-order valence-corrected chi connectivity index (χ4v) is 4.62. The molecule has 1 saturated heterocycles. The van der Waals surface area contributed by atoms with Gasteiger partial charge in [0.25, 0.3) is 0 Å². The molecule has 1 aliphatic heterocycles. The Labute approximate surface area is 180 Å². The lowest BCUT2D eigenvalue weighted by molar-refractivity contribution is -0.158. The van der Waals surface area contributed by atoms with Crippen LogP contribution < -0.4 is 0 Å². The van der Waals surface area contributed by atoms with E-state index in [1.807, 2.05) is 0 Å². The number of aliphatic carboxylic acids is 1. The number of piperidine rings is 1. The number of hydrogen-bond acceptors (Lipinski definition) is 5. The lowest BCUT2D eigenvalue weighted by Crippen LogP contribution is -2.47. The van der Waals surface area contributed by atoms with Gasteiger partial charge in [-0.3, -0.25) is 4.79 Å². The molecule has 0 aliphatic carbocycles. The van der Waals surface area contributed by atoms with Crippen molar-refractivity contribution >= 4 is 21.9 Å². The average Bonchev–Trinajstić information content (AvgIpc) is 2.68. The number of benzene rings is 1. The second kappa shape index (κ2) is 10.0. The van der Waals surface area contributed by atoms with Crippen molar-refractivity contribution in [2.45, 2.75) is 45.3 Å². The summed E-state index contributed by atoms with van der Waals surface area (Å²) >= 11 is 0. The molecular weight excluding hydrogens is 434 g/mol. The molecule has 1 aromatic carbocycles. The Balaban J connectivity index is 2.40. The highest BCUT2D eigenvalue weighted by atomic mass is 32.2. The van der Waals surface area contributed by atoms with Crippen LogP contribution in [0, 0.1) is 11.6 Å². The van der Waals surface area contributed by atoms with E-state index in [9.17, 15) is 22.4 Å². The summed E-state index contributed by atoms with van der Waals surface area (Å²) < 4.78 is 60.5. The number of carbonyl (C=O) groups excluding carboxylic acids is 1. The SMILES string of the molecule is CCCN(Cc1cc(F)c(C2(OCC(=O)O)CCN(C(C)=O)CC2)cc1F)S(C)(=O)=O. The minimum atomic E-state index is -3.61. The molecule has 0 bridgehead atoms. The molecule has 31 heavy (non-hydrogen) atoms. The second-order valence-electron chi connectivity index (χ2n) is 7.70. The van der Waals surface area contributed by atoms with Gasteiger partial charge in [-0.05, 0) is 31.4 Å². The summed E-state index contributed by atoms with van der Waals surface area (Å²) in [6.45, 7) is 2.71. The van der Waals surface area contributed by atoms with Crippen molar-refractivity contribution in [1.29, 1.82) is 0 Å². The van der Waals surface area contributed by atoms with Gasteiger partial charge in [0.1, 0.15) is 23.8 Å². The van der Waals surface area contributed by atoms with Crippen molar-refractivity contribution in [1.82, 2.24) is 9.21 Å². The van der Waals surface area contributed by atoms with Gasteiger partial charge >= 0.3 is 5.97 Å². The van der Waals surface area contributed by atoms with Crippen LogP contribution in [0.3, 0.4) is 0 Å². The number of likely N-dealkylation sites (tertiary alicyclic amines) is 1. The quantitative estimate of drug-likeness (QED) is 0.603. The van der Waals surface area contributed by atoms with E-state index in [1.54, 1.807) is 6.92 Å². The zero-order chi connectivity index (χ0) is 23.4. The largest absolute Gasteiger partial charge is 0.480 e. The number of carboxylic acid groups (broad SMARTS) is 1. The van der Waals surface area contributed by atoms with E-state index in [0.717, 1.165) is 22.7 Å². The van der Waals surface area contributed by atoms with Crippen LogP contribution in [-0.2, 0) is 36.5 Å². The summed E-state index contributed by atoms with van der Waals surface area (Å²) in [7, 11) is -3.61. The number of amides is 1. The average molecular weight is 463 g/mol. The third kappa shape index (κ3) is 6.20. The summed E-state index contributed by atoms with van der Waals surface area (Å²) in [5, 5.41) is 9.02. The Morgan fingerprint density at radius 2 is 1.84 bits per heavy atom. The summed E-state index contributed by atoms with van der Waals surface area (Å²) in [5.41, 5.74) is -1.68. The maximum Gasteiger partial charge on any atom is 0.329 e. The molecule has 1 amide bonds. The second-order valence-corrected chi connectivity index (χ2v) is 9.69. The van der Waals surface area contributed by atoms with Crippen LogP contribution in [0.1, 0.15) is 44.2 Å². The van der Waals surface area contributed by atoms with Gasteiger partial charge in [-0.1, -0.05) is 6.92 Å². The molecule has 8 nitrogen and oxygen atoms in total. The fraction of sp³-hybridized carbons (Fsp3) is 0.600. The van der Waals surface area contributed by atoms with Gasteiger partial charge in [-0.25, -0.2) is 22.0 Å².